The number of cyclic esters (lactones) is 1. The van der Waals surface area contributed by atoms with Crippen molar-refractivity contribution in [2.75, 3.05) is 6.61 Å². The van der Waals surface area contributed by atoms with Crippen LogP contribution in [0.4, 0.5) is 0 Å². The fraction of sp³-hybridized carbons (Fsp3) is 0.833. The molecule has 1 rings (SSSR count). The highest BCUT2D eigenvalue weighted by Gasteiger charge is 2.36. The summed E-state index contributed by atoms with van der Waals surface area (Å²) in [4.78, 5) is 24.1. The van der Waals surface area contributed by atoms with Crippen LogP contribution in [-0.2, 0) is 19.1 Å². The van der Waals surface area contributed by atoms with Crippen molar-refractivity contribution in [2.45, 2.75) is 122 Å². The van der Waals surface area contributed by atoms with Gasteiger partial charge in [0.15, 0.2) is 6.10 Å². The molecule has 1 saturated heterocycles. The lowest BCUT2D eigenvalue weighted by atomic mass is 10.0. The van der Waals surface area contributed by atoms with Crippen LogP contribution in [0.3, 0.4) is 0 Å². The molecule has 1 heterocycles. The van der Waals surface area contributed by atoms with E-state index in [9.17, 15) is 14.7 Å². The summed E-state index contributed by atoms with van der Waals surface area (Å²) in [6.45, 7) is 4.06. The standard InChI is InChI=1S/C24H42O5/c1-3-5-7-9-11-12-14-16-20-18-21(29-24(20)27)22(19-25)28-23(26)17-15-13-10-8-6-4-2/h16,21-22,25H,3-15,17-19H2,1-2H3/b20-16-/t21-,22-/m1/s1. The average molecular weight is 411 g/mol. The van der Waals surface area contributed by atoms with Gasteiger partial charge in [-0.25, -0.2) is 4.79 Å². The molecule has 0 spiro atoms. The third kappa shape index (κ3) is 11.4. The van der Waals surface area contributed by atoms with Gasteiger partial charge in [0.25, 0.3) is 0 Å². The number of allylic oxidation sites excluding steroid dienone is 1. The SMILES string of the molecule is CCCCCCCC/C=C1/C[C@H]([C@@H](CO)OC(=O)CCCCCCCC)OC1=O. The first kappa shape index (κ1) is 25.7. The zero-order valence-electron chi connectivity index (χ0n) is 18.6. The van der Waals surface area contributed by atoms with Gasteiger partial charge in [-0.1, -0.05) is 84.1 Å². The van der Waals surface area contributed by atoms with Crippen LogP contribution >= 0.6 is 0 Å². The van der Waals surface area contributed by atoms with Crippen LogP contribution in [0.25, 0.3) is 0 Å². The summed E-state index contributed by atoms with van der Waals surface area (Å²) in [5.41, 5.74) is 0.647. The van der Waals surface area contributed by atoms with E-state index >= 15 is 0 Å². The van der Waals surface area contributed by atoms with Crippen LogP contribution in [0.5, 0.6) is 0 Å². The molecule has 0 unspecified atom stereocenters. The van der Waals surface area contributed by atoms with Crippen molar-refractivity contribution in [1.82, 2.24) is 0 Å². The smallest absolute Gasteiger partial charge is 0.334 e. The van der Waals surface area contributed by atoms with E-state index < -0.39 is 12.2 Å². The van der Waals surface area contributed by atoms with E-state index in [1.54, 1.807) is 0 Å². The van der Waals surface area contributed by atoms with Gasteiger partial charge in [-0.2, -0.15) is 0 Å². The molecule has 2 atom stereocenters. The molecular weight excluding hydrogens is 368 g/mol. The lowest BCUT2D eigenvalue weighted by Gasteiger charge is -2.20. The third-order valence-corrected chi connectivity index (χ3v) is 5.50. The third-order valence-electron chi connectivity index (χ3n) is 5.50. The second-order valence-electron chi connectivity index (χ2n) is 8.16. The fourth-order valence-corrected chi connectivity index (χ4v) is 3.64. The van der Waals surface area contributed by atoms with E-state index in [2.05, 4.69) is 13.8 Å². The minimum atomic E-state index is -0.772. The number of ether oxygens (including phenoxy) is 2. The van der Waals surface area contributed by atoms with E-state index in [0.29, 0.717) is 18.4 Å². The summed E-state index contributed by atoms with van der Waals surface area (Å²) >= 11 is 0. The Hall–Kier alpha value is -1.36. The summed E-state index contributed by atoms with van der Waals surface area (Å²) in [5, 5.41) is 9.61. The molecule has 0 aromatic carbocycles. The Morgan fingerprint density at radius 2 is 1.62 bits per heavy atom. The molecule has 0 amide bonds. The van der Waals surface area contributed by atoms with Crippen molar-refractivity contribution < 1.29 is 24.2 Å². The number of esters is 2. The normalized spacial score (nSPS) is 18.8. The molecule has 168 valence electrons. The molecule has 5 nitrogen and oxygen atoms in total. The quantitative estimate of drug-likeness (QED) is 0.191. The van der Waals surface area contributed by atoms with E-state index in [4.69, 9.17) is 9.47 Å². The molecule has 0 radical (unpaired) electrons. The first-order chi connectivity index (χ1) is 14.1. The molecule has 0 aromatic rings. The van der Waals surface area contributed by atoms with Crippen molar-refractivity contribution in [3.63, 3.8) is 0 Å². The van der Waals surface area contributed by atoms with Crippen LogP contribution in [0.15, 0.2) is 11.6 Å². The Morgan fingerprint density at radius 1 is 1.03 bits per heavy atom. The highest BCUT2D eigenvalue weighted by Crippen LogP contribution is 2.25. The summed E-state index contributed by atoms with van der Waals surface area (Å²) < 4.78 is 10.8. The number of carbonyl (C=O) groups is 2. The zero-order chi connectivity index (χ0) is 21.3. The maximum atomic E-state index is 12.1. The monoisotopic (exact) mass is 410 g/mol. The summed E-state index contributed by atoms with van der Waals surface area (Å²) in [5.74, 6) is -0.661. The maximum Gasteiger partial charge on any atom is 0.334 e. The number of aliphatic hydroxyl groups excluding tert-OH is 1. The number of unbranched alkanes of at least 4 members (excludes halogenated alkanes) is 11. The van der Waals surface area contributed by atoms with Crippen molar-refractivity contribution in [3.8, 4) is 0 Å². The number of carbonyl (C=O) groups excluding carboxylic acids is 2. The van der Waals surface area contributed by atoms with Crippen molar-refractivity contribution in [3.05, 3.63) is 11.6 Å². The van der Waals surface area contributed by atoms with Crippen LogP contribution in [0.2, 0.25) is 0 Å². The van der Waals surface area contributed by atoms with Crippen molar-refractivity contribution >= 4 is 11.9 Å². The van der Waals surface area contributed by atoms with E-state index in [-0.39, 0.29) is 18.5 Å². The minimum Gasteiger partial charge on any atom is -0.456 e. The van der Waals surface area contributed by atoms with E-state index in [0.717, 1.165) is 32.1 Å². The van der Waals surface area contributed by atoms with Crippen LogP contribution < -0.4 is 0 Å². The second kappa shape index (κ2) is 16.4. The van der Waals surface area contributed by atoms with Gasteiger partial charge in [-0.3, -0.25) is 4.79 Å². The van der Waals surface area contributed by atoms with Crippen LogP contribution in [-0.4, -0.2) is 35.9 Å². The maximum absolute atomic E-state index is 12.1. The topological polar surface area (TPSA) is 72.8 Å². The summed E-state index contributed by atoms with van der Waals surface area (Å²) in [6.07, 6.45) is 16.1. The minimum absolute atomic E-state index is 0.319. The largest absolute Gasteiger partial charge is 0.456 e. The molecule has 0 aliphatic carbocycles. The van der Waals surface area contributed by atoms with Gasteiger partial charge in [0, 0.05) is 18.4 Å². The van der Waals surface area contributed by atoms with E-state index in [1.807, 2.05) is 6.08 Å². The number of hydrogen-bond donors (Lipinski definition) is 1. The second-order valence-corrected chi connectivity index (χ2v) is 8.16. The molecular formula is C24H42O5. The predicted octanol–water partition coefficient (Wildman–Crippen LogP) is 5.63. The molecule has 1 aliphatic rings. The van der Waals surface area contributed by atoms with Crippen molar-refractivity contribution in [1.29, 1.82) is 0 Å². The Labute approximate surface area is 177 Å². The van der Waals surface area contributed by atoms with Gasteiger partial charge >= 0.3 is 11.9 Å². The van der Waals surface area contributed by atoms with Gasteiger partial charge in [-0.05, 0) is 19.3 Å². The molecule has 5 heteroatoms. The average Bonchev–Trinajstić information content (AvgIpc) is 3.08. The number of hydrogen-bond acceptors (Lipinski definition) is 5. The predicted molar refractivity (Wildman–Crippen MR) is 116 cm³/mol. The lowest BCUT2D eigenvalue weighted by Crippen LogP contribution is -2.34. The highest BCUT2D eigenvalue weighted by molar-refractivity contribution is 5.90. The molecule has 1 aliphatic heterocycles. The summed E-state index contributed by atoms with van der Waals surface area (Å²) in [6, 6.07) is 0. The number of rotatable bonds is 17. The molecule has 0 saturated carbocycles. The number of aliphatic hydroxyl groups is 1. The van der Waals surface area contributed by atoms with Crippen molar-refractivity contribution in [2.24, 2.45) is 0 Å². The Kier molecular flexibility index (Phi) is 14.6. The molecule has 29 heavy (non-hydrogen) atoms. The van der Waals surface area contributed by atoms with Crippen LogP contribution in [0, 0.1) is 0 Å². The van der Waals surface area contributed by atoms with Gasteiger partial charge in [-0.15, -0.1) is 0 Å². The van der Waals surface area contributed by atoms with E-state index in [1.165, 1.54) is 51.4 Å². The zero-order valence-corrected chi connectivity index (χ0v) is 18.6. The van der Waals surface area contributed by atoms with Crippen LogP contribution in [0.1, 0.15) is 110 Å². The molecule has 1 N–H and O–H groups in total. The molecule has 1 fully saturated rings. The first-order valence-corrected chi connectivity index (χ1v) is 11.8. The Bertz CT molecular complexity index is 486. The fourth-order valence-electron chi connectivity index (χ4n) is 3.64. The highest BCUT2D eigenvalue weighted by atomic mass is 16.6. The van der Waals surface area contributed by atoms with Gasteiger partial charge in [0.2, 0.25) is 0 Å². The lowest BCUT2D eigenvalue weighted by molar-refractivity contribution is -0.164. The Morgan fingerprint density at radius 3 is 2.24 bits per heavy atom. The van der Waals surface area contributed by atoms with Gasteiger partial charge in [0.1, 0.15) is 6.10 Å². The van der Waals surface area contributed by atoms with Gasteiger partial charge in [0.05, 0.1) is 6.61 Å². The summed E-state index contributed by atoms with van der Waals surface area (Å²) in [7, 11) is 0. The Balaban J connectivity index is 2.29. The first-order valence-electron chi connectivity index (χ1n) is 11.8. The molecule has 0 bridgehead atoms. The van der Waals surface area contributed by atoms with Gasteiger partial charge < -0.3 is 14.6 Å². The molecule has 0 aromatic heterocycles.